The van der Waals surface area contributed by atoms with Crippen LogP contribution in [0.25, 0.3) is 0 Å². The summed E-state index contributed by atoms with van der Waals surface area (Å²) >= 11 is 0. The van der Waals surface area contributed by atoms with E-state index in [0.717, 1.165) is 32.6 Å². The molecule has 2 N–H and O–H groups in total. The Balaban J connectivity index is 1.46. The van der Waals surface area contributed by atoms with E-state index in [1.165, 1.54) is 12.8 Å². The molecule has 0 aromatic rings. The molecule has 6 heteroatoms. The van der Waals surface area contributed by atoms with Gasteiger partial charge in [0.15, 0.2) is 0 Å². The summed E-state index contributed by atoms with van der Waals surface area (Å²) in [6, 6.07) is 0.297. The number of carboxylic acid groups (broad SMARTS) is 1. The van der Waals surface area contributed by atoms with E-state index < -0.39 is 11.9 Å². The lowest BCUT2D eigenvalue weighted by Crippen LogP contribution is -2.44. The van der Waals surface area contributed by atoms with Gasteiger partial charge in [-0.25, -0.2) is 4.79 Å². The van der Waals surface area contributed by atoms with Crippen LogP contribution in [0.2, 0.25) is 0 Å². The van der Waals surface area contributed by atoms with Gasteiger partial charge in [0.1, 0.15) is 0 Å². The molecule has 116 valence electrons. The van der Waals surface area contributed by atoms with Crippen molar-refractivity contribution in [1.82, 2.24) is 15.1 Å². The zero-order valence-electron chi connectivity index (χ0n) is 12.2. The Labute approximate surface area is 124 Å². The molecule has 2 amide bonds. The van der Waals surface area contributed by atoms with Crippen LogP contribution in [0.1, 0.15) is 25.7 Å². The summed E-state index contributed by atoms with van der Waals surface area (Å²) in [6.07, 6.45) is 7.52. The van der Waals surface area contributed by atoms with Gasteiger partial charge in [0.25, 0.3) is 0 Å². The summed E-state index contributed by atoms with van der Waals surface area (Å²) in [5.41, 5.74) is 0. The summed E-state index contributed by atoms with van der Waals surface area (Å²) in [5.74, 6) is -1.29. The van der Waals surface area contributed by atoms with Crippen LogP contribution < -0.4 is 5.32 Å². The first-order valence-corrected chi connectivity index (χ1v) is 7.84. The highest BCUT2D eigenvalue weighted by Gasteiger charge is 2.33. The first-order chi connectivity index (χ1) is 10.1. The van der Waals surface area contributed by atoms with E-state index in [2.05, 4.69) is 10.2 Å². The molecule has 0 aromatic carbocycles. The monoisotopic (exact) mass is 293 g/mol. The fraction of sp³-hybridized carbons (Fsp3) is 0.733. The minimum absolute atomic E-state index is 0.0580. The number of hydrogen-bond acceptors (Lipinski definition) is 3. The molecule has 2 heterocycles. The van der Waals surface area contributed by atoms with Gasteiger partial charge in [-0.1, -0.05) is 12.2 Å². The molecule has 3 unspecified atom stereocenters. The van der Waals surface area contributed by atoms with Crippen LogP contribution in [0.3, 0.4) is 0 Å². The first kappa shape index (κ1) is 14.4. The van der Waals surface area contributed by atoms with Gasteiger partial charge in [-0.05, 0) is 38.8 Å². The predicted octanol–water partition coefficient (Wildman–Crippen LogP) is 0.895. The summed E-state index contributed by atoms with van der Waals surface area (Å²) in [6.45, 7) is 3.91. The van der Waals surface area contributed by atoms with Crippen LogP contribution >= 0.6 is 0 Å². The lowest BCUT2D eigenvalue weighted by atomic mass is 10.1. The number of carbonyl (C=O) groups is 2. The van der Waals surface area contributed by atoms with Gasteiger partial charge in [-0.2, -0.15) is 0 Å². The molecule has 3 rings (SSSR count). The summed E-state index contributed by atoms with van der Waals surface area (Å²) < 4.78 is 0. The van der Waals surface area contributed by atoms with E-state index in [0.29, 0.717) is 12.5 Å². The standard InChI is InChI=1S/C15H23N3O3/c19-14(20)11-3-4-12(9-11)16-15(21)18-8-5-13(10-18)17-6-1-2-7-17/h3-4,11-13H,1-2,5-10H2,(H,16,21)(H,19,20). The molecule has 3 atom stereocenters. The fourth-order valence-corrected chi connectivity index (χ4v) is 3.57. The molecule has 0 aromatic heterocycles. The van der Waals surface area contributed by atoms with Crippen LogP contribution in [0, 0.1) is 5.92 Å². The molecule has 2 saturated heterocycles. The van der Waals surface area contributed by atoms with Gasteiger partial charge in [-0.3, -0.25) is 9.69 Å². The van der Waals surface area contributed by atoms with E-state index in [-0.39, 0.29) is 12.1 Å². The number of nitrogens with one attached hydrogen (secondary N) is 1. The maximum absolute atomic E-state index is 12.3. The van der Waals surface area contributed by atoms with Crippen molar-refractivity contribution >= 4 is 12.0 Å². The molecule has 3 aliphatic rings. The fourth-order valence-electron chi connectivity index (χ4n) is 3.57. The third-order valence-corrected chi connectivity index (χ3v) is 4.82. The molecule has 2 aliphatic heterocycles. The summed E-state index contributed by atoms with van der Waals surface area (Å²) in [7, 11) is 0. The highest BCUT2D eigenvalue weighted by molar-refractivity contribution is 5.76. The third kappa shape index (κ3) is 3.20. The van der Waals surface area contributed by atoms with Gasteiger partial charge in [0.05, 0.1) is 12.0 Å². The van der Waals surface area contributed by atoms with Crippen LogP contribution in [0.5, 0.6) is 0 Å². The normalized spacial score (nSPS) is 32.8. The van der Waals surface area contributed by atoms with Gasteiger partial charge in [0, 0.05) is 19.1 Å². The molecule has 0 saturated carbocycles. The van der Waals surface area contributed by atoms with Crippen molar-refractivity contribution < 1.29 is 14.7 Å². The lowest BCUT2D eigenvalue weighted by molar-refractivity contribution is -0.140. The number of rotatable bonds is 3. The van der Waals surface area contributed by atoms with Gasteiger partial charge in [-0.15, -0.1) is 0 Å². The number of nitrogens with zero attached hydrogens (tertiary/aromatic N) is 2. The minimum atomic E-state index is -0.821. The quantitative estimate of drug-likeness (QED) is 0.758. The summed E-state index contributed by atoms with van der Waals surface area (Å²) in [4.78, 5) is 27.5. The second-order valence-electron chi connectivity index (χ2n) is 6.25. The molecule has 0 bridgehead atoms. The second-order valence-corrected chi connectivity index (χ2v) is 6.25. The van der Waals surface area contributed by atoms with Crippen molar-refractivity contribution in [3.05, 3.63) is 12.2 Å². The number of carboxylic acids is 1. The van der Waals surface area contributed by atoms with Crippen molar-refractivity contribution in [2.75, 3.05) is 26.2 Å². The Morgan fingerprint density at radius 2 is 1.90 bits per heavy atom. The highest BCUT2D eigenvalue weighted by Crippen LogP contribution is 2.22. The van der Waals surface area contributed by atoms with Crippen LogP contribution in [0.4, 0.5) is 4.79 Å². The van der Waals surface area contributed by atoms with Crippen molar-refractivity contribution in [3.63, 3.8) is 0 Å². The van der Waals surface area contributed by atoms with Crippen molar-refractivity contribution in [3.8, 4) is 0 Å². The van der Waals surface area contributed by atoms with Crippen molar-refractivity contribution in [2.24, 2.45) is 5.92 Å². The van der Waals surface area contributed by atoms with Crippen LogP contribution in [0.15, 0.2) is 12.2 Å². The molecular weight excluding hydrogens is 270 g/mol. The SMILES string of the molecule is O=C(O)C1C=CC(NC(=O)N2CCC(N3CCCC3)C2)C1. The molecule has 21 heavy (non-hydrogen) atoms. The molecule has 2 fully saturated rings. The topological polar surface area (TPSA) is 72.9 Å². The average molecular weight is 293 g/mol. The second kappa shape index (κ2) is 6.05. The molecule has 0 spiro atoms. The summed E-state index contributed by atoms with van der Waals surface area (Å²) in [5, 5.41) is 11.9. The largest absolute Gasteiger partial charge is 0.481 e. The number of urea groups is 1. The van der Waals surface area contributed by atoms with Gasteiger partial charge < -0.3 is 15.3 Å². The molecular formula is C15H23N3O3. The van der Waals surface area contributed by atoms with Crippen molar-refractivity contribution in [2.45, 2.75) is 37.8 Å². The Morgan fingerprint density at radius 3 is 2.57 bits per heavy atom. The first-order valence-electron chi connectivity index (χ1n) is 7.84. The Hall–Kier alpha value is -1.56. The van der Waals surface area contributed by atoms with E-state index >= 15 is 0 Å². The van der Waals surface area contributed by atoms with E-state index in [9.17, 15) is 9.59 Å². The Bertz CT molecular complexity index is 445. The van der Waals surface area contributed by atoms with Crippen molar-refractivity contribution in [1.29, 1.82) is 0 Å². The van der Waals surface area contributed by atoms with Gasteiger partial charge >= 0.3 is 12.0 Å². The lowest BCUT2D eigenvalue weighted by Gasteiger charge is -2.24. The Kier molecular flexibility index (Phi) is 4.14. The number of carbonyl (C=O) groups excluding carboxylic acids is 1. The zero-order valence-corrected chi connectivity index (χ0v) is 12.2. The predicted molar refractivity (Wildman–Crippen MR) is 78.0 cm³/mol. The number of likely N-dealkylation sites (tertiary alicyclic amines) is 2. The smallest absolute Gasteiger partial charge is 0.317 e. The molecule has 6 nitrogen and oxygen atoms in total. The van der Waals surface area contributed by atoms with E-state index in [4.69, 9.17) is 5.11 Å². The maximum atomic E-state index is 12.3. The minimum Gasteiger partial charge on any atom is -0.481 e. The zero-order chi connectivity index (χ0) is 14.8. The van der Waals surface area contributed by atoms with Gasteiger partial charge in [0.2, 0.25) is 0 Å². The molecule has 0 radical (unpaired) electrons. The Morgan fingerprint density at radius 1 is 1.14 bits per heavy atom. The average Bonchev–Trinajstić information content (AvgIpc) is 3.19. The van der Waals surface area contributed by atoms with Crippen LogP contribution in [-0.4, -0.2) is 65.2 Å². The number of aliphatic carboxylic acids is 1. The van der Waals surface area contributed by atoms with Crippen LogP contribution in [-0.2, 0) is 4.79 Å². The molecule has 1 aliphatic carbocycles. The third-order valence-electron chi connectivity index (χ3n) is 4.82. The number of amides is 2. The highest BCUT2D eigenvalue weighted by atomic mass is 16.4. The van der Waals surface area contributed by atoms with E-state index in [1.807, 2.05) is 4.90 Å². The van der Waals surface area contributed by atoms with E-state index in [1.54, 1.807) is 12.2 Å². The maximum Gasteiger partial charge on any atom is 0.317 e. The number of hydrogen-bond donors (Lipinski definition) is 2.